The molecule has 2 rings (SSSR count). The number of nitrogens with zero attached hydrogens (tertiary/aromatic N) is 2. The molecule has 5 nitrogen and oxygen atoms in total. The van der Waals surface area contributed by atoms with E-state index in [1.165, 1.54) is 11.3 Å². The Bertz CT molecular complexity index is 748. The molecular formula is C20H23N3O2S. The van der Waals surface area contributed by atoms with Gasteiger partial charge in [-0.25, -0.2) is 0 Å². The van der Waals surface area contributed by atoms with Crippen LogP contribution in [0.3, 0.4) is 0 Å². The van der Waals surface area contributed by atoms with Gasteiger partial charge in [0.05, 0.1) is 16.5 Å². The fourth-order valence-corrected chi connectivity index (χ4v) is 3.20. The molecule has 0 atom stereocenters. The maximum absolute atomic E-state index is 12.5. The van der Waals surface area contributed by atoms with Gasteiger partial charge in [-0.1, -0.05) is 25.1 Å². The molecule has 0 fully saturated rings. The van der Waals surface area contributed by atoms with Crippen LogP contribution in [0.5, 0.6) is 0 Å². The van der Waals surface area contributed by atoms with Crippen LogP contribution in [0.2, 0.25) is 0 Å². The average Bonchev–Trinajstić information content (AvgIpc) is 3.20. The van der Waals surface area contributed by atoms with Crippen molar-refractivity contribution in [3.63, 3.8) is 0 Å². The Balaban J connectivity index is 1.79. The highest BCUT2D eigenvalue weighted by Gasteiger charge is 2.13. The Morgan fingerprint density at radius 2 is 2.00 bits per heavy atom. The molecule has 0 aliphatic heterocycles. The zero-order valence-corrected chi connectivity index (χ0v) is 15.7. The Morgan fingerprint density at radius 3 is 2.62 bits per heavy atom. The van der Waals surface area contributed by atoms with E-state index in [9.17, 15) is 9.59 Å². The molecule has 0 aliphatic carbocycles. The third-order valence-electron chi connectivity index (χ3n) is 3.90. The minimum Gasteiger partial charge on any atom is -0.351 e. The van der Waals surface area contributed by atoms with Gasteiger partial charge >= 0.3 is 0 Å². The Hall–Kier alpha value is -2.65. The van der Waals surface area contributed by atoms with Gasteiger partial charge in [-0.2, -0.15) is 5.26 Å². The highest BCUT2D eigenvalue weighted by atomic mass is 32.1. The predicted octanol–water partition coefficient (Wildman–Crippen LogP) is 3.57. The third-order valence-corrected chi connectivity index (χ3v) is 4.77. The maximum Gasteiger partial charge on any atom is 0.261 e. The van der Waals surface area contributed by atoms with E-state index in [4.69, 9.17) is 5.26 Å². The van der Waals surface area contributed by atoms with Crippen molar-refractivity contribution in [1.29, 1.82) is 5.26 Å². The van der Waals surface area contributed by atoms with Gasteiger partial charge in [0.15, 0.2) is 0 Å². The molecule has 0 saturated heterocycles. The van der Waals surface area contributed by atoms with Crippen molar-refractivity contribution in [2.75, 3.05) is 13.1 Å². The summed E-state index contributed by atoms with van der Waals surface area (Å²) in [4.78, 5) is 26.9. The summed E-state index contributed by atoms with van der Waals surface area (Å²) in [5, 5.41) is 13.6. The quantitative estimate of drug-likeness (QED) is 0.687. The summed E-state index contributed by atoms with van der Waals surface area (Å²) in [6.45, 7) is 3.76. The summed E-state index contributed by atoms with van der Waals surface area (Å²) in [6.07, 6.45) is 1.90. The summed E-state index contributed by atoms with van der Waals surface area (Å²) >= 11 is 1.40. The van der Waals surface area contributed by atoms with Gasteiger partial charge < -0.3 is 10.2 Å². The zero-order chi connectivity index (χ0) is 18.8. The minimum atomic E-state index is -0.0876. The largest absolute Gasteiger partial charge is 0.351 e. The highest BCUT2D eigenvalue weighted by Crippen LogP contribution is 2.10. The first-order valence-corrected chi connectivity index (χ1v) is 9.60. The number of nitriles is 1. The summed E-state index contributed by atoms with van der Waals surface area (Å²) in [7, 11) is 0. The van der Waals surface area contributed by atoms with Crippen molar-refractivity contribution in [2.45, 2.75) is 32.7 Å². The van der Waals surface area contributed by atoms with E-state index >= 15 is 0 Å². The van der Waals surface area contributed by atoms with Gasteiger partial charge in [-0.15, -0.1) is 11.3 Å². The van der Waals surface area contributed by atoms with Gasteiger partial charge in [0.25, 0.3) is 5.91 Å². The Labute approximate surface area is 158 Å². The number of hydrogen-bond donors (Lipinski definition) is 1. The molecule has 136 valence electrons. The normalized spacial score (nSPS) is 10.2. The second-order valence-corrected chi connectivity index (χ2v) is 6.91. The minimum absolute atomic E-state index is 0.0848. The van der Waals surface area contributed by atoms with E-state index < -0.39 is 0 Å². The molecule has 1 aromatic heterocycles. The van der Waals surface area contributed by atoms with Crippen LogP contribution in [-0.2, 0) is 11.3 Å². The average molecular weight is 369 g/mol. The number of rotatable bonds is 9. The molecule has 2 amide bonds. The van der Waals surface area contributed by atoms with E-state index in [1.807, 2.05) is 35.4 Å². The van der Waals surface area contributed by atoms with Gasteiger partial charge in [-0.05, 0) is 42.0 Å². The van der Waals surface area contributed by atoms with Gasteiger partial charge in [-0.3, -0.25) is 9.59 Å². The number of benzene rings is 1. The lowest BCUT2D eigenvalue weighted by molar-refractivity contribution is -0.131. The van der Waals surface area contributed by atoms with Crippen molar-refractivity contribution in [2.24, 2.45) is 0 Å². The van der Waals surface area contributed by atoms with Crippen molar-refractivity contribution >= 4 is 23.2 Å². The van der Waals surface area contributed by atoms with Crippen molar-refractivity contribution in [3.05, 3.63) is 57.8 Å². The standard InChI is InChI=1S/C20H23N3O2S/c1-2-12-23(15-17-9-7-16(14-21)8-10-17)19(24)6-3-11-22-20(25)18-5-4-13-26-18/h4-5,7-10,13H,2-3,6,11-12,15H2,1H3,(H,22,25). The van der Waals surface area contributed by atoms with Gasteiger partial charge in [0.2, 0.25) is 5.91 Å². The summed E-state index contributed by atoms with van der Waals surface area (Å²) in [5.74, 6) is -0.00275. The fourth-order valence-electron chi connectivity index (χ4n) is 2.56. The molecule has 0 unspecified atom stereocenters. The van der Waals surface area contributed by atoms with Crippen LogP contribution < -0.4 is 5.32 Å². The Morgan fingerprint density at radius 1 is 1.23 bits per heavy atom. The van der Waals surface area contributed by atoms with Crippen LogP contribution in [0, 0.1) is 11.3 Å². The van der Waals surface area contributed by atoms with Gasteiger partial charge in [0.1, 0.15) is 0 Å². The molecule has 1 N–H and O–H groups in total. The first kappa shape index (κ1) is 19.7. The van der Waals surface area contributed by atoms with E-state index in [2.05, 4.69) is 11.4 Å². The smallest absolute Gasteiger partial charge is 0.261 e. The second kappa shape index (κ2) is 10.4. The first-order chi connectivity index (χ1) is 12.6. The lowest BCUT2D eigenvalue weighted by Gasteiger charge is -2.22. The maximum atomic E-state index is 12.5. The number of amides is 2. The molecule has 0 saturated carbocycles. The van der Waals surface area contributed by atoms with E-state index in [-0.39, 0.29) is 11.8 Å². The number of thiophene rings is 1. The van der Waals surface area contributed by atoms with E-state index in [1.54, 1.807) is 18.2 Å². The van der Waals surface area contributed by atoms with Crippen molar-refractivity contribution < 1.29 is 9.59 Å². The van der Waals surface area contributed by atoms with Crippen molar-refractivity contribution in [1.82, 2.24) is 10.2 Å². The summed E-state index contributed by atoms with van der Waals surface area (Å²) < 4.78 is 0. The van der Waals surface area contributed by atoms with Crippen LogP contribution >= 0.6 is 11.3 Å². The number of carbonyl (C=O) groups excluding carboxylic acids is 2. The highest BCUT2D eigenvalue weighted by molar-refractivity contribution is 7.12. The molecular weight excluding hydrogens is 346 g/mol. The van der Waals surface area contributed by atoms with Crippen LogP contribution in [0.4, 0.5) is 0 Å². The third kappa shape index (κ3) is 6.01. The van der Waals surface area contributed by atoms with Crippen LogP contribution in [-0.4, -0.2) is 29.8 Å². The topological polar surface area (TPSA) is 73.2 Å². The number of nitrogens with one attached hydrogen (secondary N) is 1. The summed E-state index contributed by atoms with van der Waals surface area (Å²) in [6, 6.07) is 13.0. The van der Waals surface area contributed by atoms with Crippen LogP contribution in [0.1, 0.15) is 47.0 Å². The van der Waals surface area contributed by atoms with Gasteiger partial charge in [0, 0.05) is 26.1 Å². The fraction of sp³-hybridized carbons (Fsp3) is 0.350. The molecule has 2 aromatic rings. The molecule has 6 heteroatoms. The SMILES string of the molecule is CCCN(Cc1ccc(C#N)cc1)C(=O)CCCNC(=O)c1cccs1. The first-order valence-electron chi connectivity index (χ1n) is 8.72. The molecule has 26 heavy (non-hydrogen) atoms. The monoisotopic (exact) mass is 369 g/mol. The second-order valence-electron chi connectivity index (χ2n) is 5.96. The molecule has 0 radical (unpaired) electrons. The molecule has 1 aromatic carbocycles. The zero-order valence-electron chi connectivity index (χ0n) is 14.9. The molecule has 0 aliphatic rings. The van der Waals surface area contributed by atoms with Crippen molar-refractivity contribution in [3.8, 4) is 6.07 Å². The summed E-state index contributed by atoms with van der Waals surface area (Å²) in [5.41, 5.74) is 1.63. The predicted molar refractivity (Wildman–Crippen MR) is 103 cm³/mol. The lowest BCUT2D eigenvalue weighted by Crippen LogP contribution is -2.32. The van der Waals surface area contributed by atoms with Crippen LogP contribution in [0.25, 0.3) is 0 Å². The Kier molecular flexibility index (Phi) is 7.84. The number of carbonyl (C=O) groups is 2. The molecule has 0 spiro atoms. The molecule has 1 heterocycles. The lowest BCUT2D eigenvalue weighted by atomic mass is 10.1. The number of hydrogen-bond acceptors (Lipinski definition) is 4. The van der Waals surface area contributed by atoms with E-state index in [0.29, 0.717) is 42.9 Å². The van der Waals surface area contributed by atoms with Crippen LogP contribution in [0.15, 0.2) is 41.8 Å². The van der Waals surface area contributed by atoms with E-state index in [0.717, 1.165) is 12.0 Å². The molecule has 0 bridgehead atoms.